The number of nitrogens with zero attached hydrogens (tertiary/aromatic N) is 2. The number of fused-ring (bicyclic) bond motifs is 6. The molecule has 0 atom stereocenters. The van der Waals surface area contributed by atoms with Crippen LogP contribution < -0.4 is 4.74 Å². The van der Waals surface area contributed by atoms with Crippen LogP contribution in [0, 0.1) is 0 Å². The molecular formula is C37H26N2O. The standard InChI is InChI=1S/C37H26N2O/c1-37(2)30-11-5-6-12-33(30)40-34-22-25(15-19-31(34)37)26-17-18-29(28-10-4-3-9-27(26)28)32-20-16-24-14-13-23-8-7-21-38-35(23)36(24)39-32/h3-22H,1-2H3. The second kappa shape index (κ2) is 8.49. The van der Waals surface area contributed by atoms with E-state index in [4.69, 9.17) is 9.72 Å². The van der Waals surface area contributed by atoms with Gasteiger partial charge in [-0.2, -0.15) is 0 Å². The monoisotopic (exact) mass is 514 g/mol. The molecule has 0 radical (unpaired) electrons. The van der Waals surface area contributed by atoms with Gasteiger partial charge < -0.3 is 4.74 Å². The van der Waals surface area contributed by atoms with Gasteiger partial charge in [-0.3, -0.25) is 4.98 Å². The molecule has 0 unspecified atom stereocenters. The summed E-state index contributed by atoms with van der Waals surface area (Å²) in [6.45, 7) is 4.54. The van der Waals surface area contributed by atoms with E-state index in [1.165, 1.54) is 27.5 Å². The largest absolute Gasteiger partial charge is 0.457 e. The van der Waals surface area contributed by atoms with Gasteiger partial charge in [0.05, 0.1) is 16.7 Å². The highest BCUT2D eigenvalue weighted by Gasteiger charge is 2.34. The molecule has 3 heteroatoms. The van der Waals surface area contributed by atoms with Gasteiger partial charge in [0.2, 0.25) is 0 Å². The van der Waals surface area contributed by atoms with Crippen molar-refractivity contribution >= 4 is 32.6 Å². The molecular weight excluding hydrogens is 488 g/mol. The molecule has 2 aromatic heterocycles. The van der Waals surface area contributed by atoms with E-state index in [1.54, 1.807) is 0 Å². The van der Waals surface area contributed by atoms with Gasteiger partial charge in [0.25, 0.3) is 0 Å². The Morgan fingerprint density at radius 2 is 1.27 bits per heavy atom. The summed E-state index contributed by atoms with van der Waals surface area (Å²) in [4.78, 5) is 9.78. The number of benzene rings is 5. The van der Waals surface area contributed by atoms with Crippen LogP contribution in [0.5, 0.6) is 11.5 Å². The summed E-state index contributed by atoms with van der Waals surface area (Å²) in [6, 6.07) is 40.6. The third-order valence-corrected chi connectivity index (χ3v) is 8.38. The summed E-state index contributed by atoms with van der Waals surface area (Å²) < 4.78 is 6.44. The predicted octanol–water partition coefficient (Wildman–Crippen LogP) is 9.70. The zero-order valence-electron chi connectivity index (χ0n) is 22.3. The molecule has 0 spiro atoms. The highest BCUT2D eigenvalue weighted by Crippen LogP contribution is 2.49. The lowest BCUT2D eigenvalue weighted by Crippen LogP contribution is -2.24. The highest BCUT2D eigenvalue weighted by molar-refractivity contribution is 6.07. The fourth-order valence-electron chi connectivity index (χ4n) is 6.27. The lowest BCUT2D eigenvalue weighted by molar-refractivity contribution is 0.418. The molecule has 0 fully saturated rings. The Labute approximate surface area is 232 Å². The molecule has 3 nitrogen and oxygen atoms in total. The Morgan fingerprint density at radius 3 is 2.15 bits per heavy atom. The van der Waals surface area contributed by atoms with Gasteiger partial charge in [0, 0.05) is 39.1 Å². The first-order chi connectivity index (χ1) is 19.6. The molecule has 1 aliphatic heterocycles. The van der Waals surface area contributed by atoms with Crippen molar-refractivity contribution in [1.29, 1.82) is 0 Å². The fourth-order valence-corrected chi connectivity index (χ4v) is 6.27. The van der Waals surface area contributed by atoms with Crippen LogP contribution in [0.15, 0.2) is 121 Å². The first-order valence-electron chi connectivity index (χ1n) is 13.7. The molecule has 0 aliphatic carbocycles. The van der Waals surface area contributed by atoms with E-state index < -0.39 is 0 Å². The van der Waals surface area contributed by atoms with Gasteiger partial charge >= 0.3 is 0 Å². The van der Waals surface area contributed by atoms with Crippen LogP contribution in [0.2, 0.25) is 0 Å². The fraction of sp³-hybridized carbons (Fsp3) is 0.0811. The predicted molar refractivity (Wildman–Crippen MR) is 164 cm³/mol. The molecule has 5 aromatic carbocycles. The smallest absolute Gasteiger partial charge is 0.132 e. The Bertz CT molecular complexity index is 2130. The molecule has 3 heterocycles. The maximum atomic E-state index is 6.44. The van der Waals surface area contributed by atoms with Gasteiger partial charge in [-0.15, -0.1) is 0 Å². The number of pyridine rings is 2. The van der Waals surface area contributed by atoms with Crippen molar-refractivity contribution in [2.75, 3.05) is 0 Å². The third-order valence-electron chi connectivity index (χ3n) is 8.38. The van der Waals surface area contributed by atoms with Gasteiger partial charge in [-0.1, -0.05) is 105 Å². The molecule has 0 saturated heterocycles. The van der Waals surface area contributed by atoms with E-state index in [2.05, 4.69) is 122 Å². The Morgan fingerprint density at radius 1 is 0.575 bits per heavy atom. The van der Waals surface area contributed by atoms with Gasteiger partial charge in [-0.25, -0.2) is 4.98 Å². The number of aromatic nitrogens is 2. The van der Waals surface area contributed by atoms with E-state index in [-0.39, 0.29) is 5.41 Å². The number of para-hydroxylation sites is 1. The zero-order valence-corrected chi connectivity index (χ0v) is 22.3. The van der Waals surface area contributed by atoms with Crippen molar-refractivity contribution in [3.8, 4) is 33.9 Å². The number of rotatable bonds is 2. The van der Waals surface area contributed by atoms with Crippen LogP contribution in [-0.2, 0) is 5.41 Å². The molecule has 0 N–H and O–H groups in total. The van der Waals surface area contributed by atoms with Gasteiger partial charge in [0.1, 0.15) is 11.5 Å². The van der Waals surface area contributed by atoms with Crippen LogP contribution in [0.1, 0.15) is 25.0 Å². The van der Waals surface area contributed by atoms with Crippen LogP contribution in [0.25, 0.3) is 55.0 Å². The molecule has 190 valence electrons. The molecule has 7 aromatic rings. The minimum Gasteiger partial charge on any atom is -0.457 e. The summed E-state index contributed by atoms with van der Waals surface area (Å²) in [5.74, 6) is 1.85. The highest BCUT2D eigenvalue weighted by atomic mass is 16.5. The summed E-state index contributed by atoms with van der Waals surface area (Å²) in [5, 5.41) is 4.55. The number of hydrogen-bond acceptors (Lipinski definition) is 3. The molecule has 0 amide bonds. The first kappa shape index (κ1) is 22.9. The minimum atomic E-state index is -0.130. The van der Waals surface area contributed by atoms with Crippen LogP contribution in [0.4, 0.5) is 0 Å². The number of ether oxygens (including phenoxy) is 1. The topological polar surface area (TPSA) is 35.0 Å². The van der Waals surface area contributed by atoms with E-state index in [0.717, 1.165) is 50.1 Å². The molecule has 8 rings (SSSR count). The van der Waals surface area contributed by atoms with E-state index >= 15 is 0 Å². The zero-order chi connectivity index (χ0) is 26.8. The van der Waals surface area contributed by atoms with Gasteiger partial charge in [-0.05, 0) is 46.2 Å². The lowest BCUT2D eigenvalue weighted by atomic mass is 9.75. The molecule has 40 heavy (non-hydrogen) atoms. The normalized spacial score (nSPS) is 13.7. The minimum absolute atomic E-state index is 0.130. The summed E-state index contributed by atoms with van der Waals surface area (Å²) in [5.41, 5.74) is 8.52. The van der Waals surface area contributed by atoms with Crippen molar-refractivity contribution in [3.63, 3.8) is 0 Å². The van der Waals surface area contributed by atoms with Crippen molar-refractivity contribution in [3.05, 3.63) is 133 Å². The lowest BCUT2D eigenvalue weighted by Gasteiger charge is -2.34. The van der Waals surface area contributed by atoms with E-state index in [0.29, 0.717) is 0 Å². The molecule has 0 bridgehead atoms. The Hall–Kier alpha value is -5.02. The Kier molecular flexibility index (Phi) is 4.86. The third kappa shape index (κ3) is 3.37. The average Bonchev–Trinajstić information content (AvgIpc) is 3.00. The van der Waals surface area contributed by atoms with E-state index in [9.17, 15) is 0 Å². The van der Waals surface area contributed by atoms with E-state index in [1.807, 2.05) is 18.3 Å². The van der Waals surface area contributed by atoms with Crippen molar-refractivity contribution < 1.29 is 4.74 Å². The van der Waals surface area contributed by atoms with Crippen molar-refractivity contribution in [2.45, 2.75) is 19.3 Å². The van der Waals surface area contributed by atoms with Crippen LogP contribution >= 0.6 is 0 Å². The van der Waals surface area contributed by atoms with Gasteiger partial charge in [0.15, 0.2) is 0 Å². The second-order valence-electron chi connectivity index (χ2n) is 11.0. The average molecular weight is 515 g/mol. The van der Waals surface area contributed by atoms with Crippen LogP contribution in [0.3, 0.4) is 0 Å². The summed E-state index contributed by atoms with van der Waals surface area (Å²) in [7, 11) is 0. The molecule has 1 aliphatic rings. The second-order valence-corrected chi connectivity index (χ2v) is 11.0. The molecule has 0 saturated carbocycles. The SMILES string of the molecule is CC1(C)c2ccccc2Oc2cc(-c3ccc(-c4ccc5ccc6cccnc6c5n4)c4ccccc34)ccc21. The van der Waals surface area contributed by atoms with Crippen molar-refractivity contribution in [1.82, 2.24) is 9.97 Å². The van der Waals surface area contributed by atoms with Crippen LogP contribution in [-0.4, -0.2) is 9.97 Å². The Balaban J connectivity index is 1.28. The quantitative estimate of drug-likeness (QED) is 0.215. The number of hydrogen-bond donors (Lipinski definition) is 0. The summed E-state index contributed by atoms with van der Waals surface area (Å²) in [6.07, 6.45) is 1.84. The maximum absolute atomic E-state index is 6.44. The van der Waals surface area contributed by atoms with Crippen molar-refractivity contribution in [2.24, 2.45) is 0 Å². The summed E-state index contributed by atoms with van der Waals surface area (Å²) >= 11 is 0. The first-order valence-corrected chi connectivity index (χ1v) is 13.7. The maximum Gasteiger partial charge on any atom is 0.132 e.